The van der Waals surface area contributed by atoms with Crippen molar-refractivity contribution < 1.29 is 9.18 Å². The number of hydrogen-bond donors (Lipinski definition) is 3. The fourth-order valence-corrected chi connectivity index (χ4v) is 4.33. The van der Waals surface area contributed by atoms with Gasteiger partial charge in [0.2, 0.25) is 5.91 Å². The van der Waals surface area contributed by atoms with E-state index in [9.17, 15) is 9.18 Å². The third-order valence-corrected chi connectivity index (χ3v) is 6.19. The molecule has 1 amide bonds. The highest BCUT2D eigenvalue weighted by molar-refractivity contribution is 5.99. The molecule has 4 aromatic rings. The number of pyridine rings is 2. The second kappa shape index (κ2) is 7.95. The molecule has 8 nitrogen and oxygen atoms in total. The number of aromatic nitrogens is 4. The number of benzene rings is 1. The van der Waals surface area contributed by atoms with Crippen LogP contribution in [0.15, 0.2) is 49.4 Å². The van der Waals surface area contributed by atoms with Crippen LogP contribution in [0.4, 0.5) is 16.0 Å². The summed E-state index contributed by atoms with van der Waals surface area (Å²) in [6.07, 6.45) is 6.06. The fraction of sp³-hybridized carbons (Fsp3) is 0.200. The number of amides is 1. The molecular formula is C25H24FN7O. The second-order valence-electron chi connectivity index (χ2n) is 8.74. The summed E-state index contributed by atoms with van der Waals surface area (Å²) >= 11 is 0. The minimum absolute atomic E-state index is 0.0950. The number of carbonyl (C=O) groups excluding carboxylic acids is 1. The van der Waals surface area contributed by atoms with Crippen LogP contribution in [0.5, 0.6) is 0 Å². The van der Waals surface area contributed by atoms with Crippen molar-refractivity contribution in [2.45, 2.75) is 19.3 Å². The number of hydrogen-bond acceptors (Lipinski definition) is 6. The predicted molar refractivity (Wildman–Crippen MR) is 130 cm³/mol. The molecule has 3 aromatic heterocycles. The number of carbonyl (C=O) groups is 1. The maximum absolute atomic E-state index is 15.0. The van der Waals surface area contributed by atoms with Crippen molar-refractivity contribution in [2.75, 3.05) is 11.1 Å². The third-order valence-electron chi connectivity index (χ3n) is 6.19. The first-order chi connectivity index (χ1) is 16.2. The molecule has 1 aliphatic rings. The number of anilines is 2. The summed E-state index contributed by atoms with van der Waals surface area (Å²) < 4.78 is 16.7. The van der Waals surface area contributed by atoms with Crippen LogP contribution in [0.3, 0.4) is 0 Å². The van der Waals surface area contributed by atoms with Crippen LogP contribution in [0.25, 0.3) is 27.7 Å². The zero-order chi connectivity index (χ0) is 24.1. The third kappa shape index (κ3) is 3.85. The van der Waals surface area contributed by atoms with E-state index in [-0.39, 0.29) is 29.3 Å². The standard InChI is InChI=1S/C25H24FN7O/c1-12-4-14(13(2)27)5-20(26)23(12)21-6-15-7-22(29-10-19(15)24(28)31-21)32-25(34)18-8-17(18)16-9-30-33(3)11-16/h4-7,9-11,17-18H,2,8,27H2,1,3H3,(H2,28,31)(H,29,32,34)/t17-,18+/m1/s1. The number of fused-ring (bicyclic) bond motifs is 1. The van der Waals surface area contributed by atoms with Gasteiger partial charge in [0.25, 0.3) is 0 Å². The lowest BCUT2D eigenvalue weighted by molar-refractivity contribution is -0.117. The van der Waals surface area contributed by atoms with E-state index in [0.29, 0.717) is 39.0 Å². The monoisotopic (exact) mass is 457 g/mol. The molecule has 0 saturated heterocycles. The highest BCUT2D eigenvalue weighted by atomic mass is 19.1. The summed E-state index contributed by atoms with van der Waals surface area (Å²) in [6, 6.07) is 6.55. The summed E-state index contributed by atoms with van der Waals surface area (Å²) in [6.45, 7) is 5.45. The minimum Gasteiger partial charge on any atom is -0.399 e. The van der Waals surface area contributed by atoms with Gasteiger partial charge in [0.15, 0.2) is 0 Å². The number of nitrogens with zero attached hydrogens (tertiary/aromatic N) is 4. The van der Waals surface area contributed by atoms with Gasteiger partial charge in [-0.25, -0.2) is 14.4 Å². The van der Waals surface area contributed by atoms with Crippen LogP contribution in [-0.2, 0) is 11.8 Å². The van der Waals surface area contributed by atoms with Gasteiger partial charge in [-0.1, -0.05) is 6.58 Å². The summed E-state index contributed by atoms with van der Waals surface area (Å²) in [7, 11) is 1.85. The highest BCUT2D eigenvalue weighted by Gasteiger charge is 2.44. The first-order valence-corrected chi connectivity index (χ1v) is 10.8. The second-order valence-corrected chi connectivity index (χ2v) is 8.74. The Balaban J connectivity index is 1.44. The quantitative estimate of drug-likeness (QED) is 0.419. The fourth-order valence-electron chi connectivity index (χ4n) is 4.33. The van der Waals surface area contributed by atoms with Gasteiger partial charge in [-0.05, 0) is 65.6 Å². The molecule has 0 unspecified atom stereocenters. The smallest absolute Gasteiger partial charge is 0.229 e. The van der Waals surface area contributed by atoms with Crippen molar-refractivity contribution in [2.24, 2.45) is 18.7 Å². The Morgan fingerprint density at radius 3 is 2.74 bits per heavy atom. The van der Waals surface area contributed by atoms with Crippen LogP contribution in [0.1, 0.15) is 29.0 Å². The summed E-state index contributed by atoms with van der Waals surface area (Å²) in [5.74, 6) is 0.111. The van der Waals surface area contributed by atoms with Gasteiger partial charge in [0.1, 0.15) is 17.5 Å². The average Bonchev–Trinajstić information content (AvgIpc) is 3.46. The minimum atomic E-state index is -0.467. The van der Waals surface area contributed by atoms with Crippen molar-refractivity contribution in [1.82, 2.24) is 19.7 Å². The van der Waals surface area contributed by atoms with Gasteiger partial charge in [-0.2, -0.15) is 5.10 Å². The lowest BCUT2D eigenvalue weighted by Gasteiger charge is -2.12. The van der Waals surface area contributed by atoms with Gasteiger partial charge in [0, 0.05) is 42.0 Å². The Morgan fingerprint density at radius 2 is 2.06 bits per heavy atom. The molecule has 0 aliphatic heterocycles. The van der Waals surface area contributed by atoms with Crippen LogP contribution < -0.4 is 16.8 Å². The topological polar surface area (TPSA) is 125 Å². The number of nitrogens with two attached hydrogens (primary N) is 2. The van der Waals surface area contributed by atoms with Crippen LogP contribution >= 0.6 is 0 Å². The van der Waals surface area contributed by atoms with E-state index >= 15 is 0 Å². The van der Waals surface area contributed by atoms with E-state index in [1.54, 1.807) is 42.2 Å². The van der Waals surface area contributed by atoms with Crippen molar-refractivity contribution in [3.8, 4) is 11.3 Å². The molecule has 5 rings (SSSR count). The number of aryl methyl sites for hydroxylation is 2. The molecule has 1 aliphatic carbocycles. The maximum atomic E-state index is 15.0. The van der Waals surface area contributed by atoms with E-state index in [1.165, 1.54) is 6.07 Å². The summed E-state index contributed by atoms with van der Waals surface area (Å²) in [5, 5.41) is 8.37. The highest BCUT2D eigenvalue weighted by Crippen LogP contribution is 2.47. The molecule has 1 fully saturated rings. The first-order valence-electron chi connectivity index (χ1n) is 10.8. The number of halogens is 1. The van der Waals surface area contributed by atoms with Crippen LogP contribution in [-0.4, -0.2) is 25.7 Å². The Bertz CT molecular complexity index is 1450. The number of nitrogen functional groups attached to an aromatic ring is 1. The lowest BCUT2D eigenvalue weighted by Crippen LogP contribution is -2.15. The van der Waals surface area contributed by atoms with E-state index in [1.807, 2.05) is 13.2 Å². The molecule has 1 aromatic carbocycles. The Morgan fingerprint density at radius 1 is 1.26 bits per heavy atom. The predicted octanol–water partition coefficient (Wildman–Crippen LogP) is 3.73. The molecule has 2 atom stereocenters. The molecule has 0 radical (unpaired) electrons. The largest absolute Gasteiger partial charge is 0.399 e. The molecule has 9 heteroatoms. The van der Waals surface area contributed by atoms with Gasteiger partial charge < -0.3 is 16.8 Å². The van der Waals surface area contributed by atoms with Gasteiger partial charge in [0.05, 0.1) is 11.9 Å². The summed E-state index contributed by atoms with van der Waals surface area (Å²) in [4.78, 5) is 21.5. The molecule has 5 N–H and O–H groups in total. The molecule has 3 heterocycles. The van der Waals surface area contributed by atoms with E-state index in [4.69, 9.17) is 11.5 Å². The van der Waals surface area contributed by atoms with Gasteiger partial charge in [-0.3, -0.25) is 9.48 Å². The van der Waals surface area contributed by atoms with Gasteiger partial charge in [-0.15, -0.1) is 0 Å². The maximum Gasteiger partial charge on any atom is 0.229 e. The molecule has 1 saturated carbocycles. The number of nitrogens with one attached hydrogen (secondary N) is 1. The van der Waals surface area contributed by atoms with E-state index in [0.717, 1.165) is 12.0 Å². The van der Waals surface area contributed by atoms with Crippen molar-refractivity contribution in [1.29, 1.82) is 0 Å². The first kappa shape index (κ1) is 21.6. The zero-order valence-electron chi connectivity index (χ0n) is 18.8. The van der Waals surface area contributed by atoms with E-state index < -0.39 is 5.82 Å². The zero-order valence-corrected chi connectivity index (χ0v) is 18.8. The molecule has 34 heavy (non-hydrogen) atoms. The van der Waals surface area contributed by atoms with E-state index in [2.05, 4.69) is 27.0 Å². The summed E-state index contributed by atoms with van der Waals surface area (Å²) in [5.41, 5.74) is 15.1. The average molecular weight is 458 g/mol. The molecular weight excluding hydrogens is 433 g/mol. The SMILES string of the molecule is C=C(N)c1cc(C)c(-c2cc3cc(NC(=O)[C@H]4C[C@@H]4c4cnn(C)c4)ncc3c(N)n2)c(F)c1. The van der Waals surface area contributed by atoms with Crippen LogP contribution in [0, 0.1) is 18.7 Å². The molecule has 0 spiro atoms. The Kier molecular flexibility index (Phi) is 5.04. The van der Waals surface area contributed by atoms with Crippen molar-refractivity contribution in [3.05, 3.63) is 71.9 Å². The molecule has 0 bridgehead atoms. The van der Waals surface area contributed by atoms with Crippen molar-refractivity contribution in [3.63, 3.8) is 0 Å². The Labute approximate surface area is 195 Å². The molecule has 172 valence electrons. The number of rotatable bonds is 5. The van der Waals surface area contributed by atoms with Crippen LogP contribution in [0.2, 0.25) is 0 Å². The lowest BCUT2D eigenvalue weighted by atomic mass is 9.99. The van der Waals surface area contributed by atoms with Gasteiger partial charge >= 0.3 is 0 Å². The Hall–Kier alpha value is -4.27. The van der Waals surface area contributed by atoms with Crippen molar-refractivity contribution >= 4 is 34.0 Å². The normalized spacial score (nSPS) is 17.0.